The highest BCUT2D eigenvalue weighted by Gasteiger charge is 2.38. The molecule has 0 aromatic carbocycles. The fraction of sp³-hybridized carbons (Fsp3) is 1.00. The zero-order chi connectivity index (χ0) is 10.9. The number of ether oxygens (including phenoxy) is 1. The monoisotopic (exact) mass is 211 g/mol. The highest BCUT2D eigenvalue weighted by molar-refractivity contribution is 4.91. The third-order valence-corrected chi connectivity index (χ3v) is 4.05. The lowest BCUT2D eigenvalue weighted by Crippen LogP contribution is -2.37. The zero-order valence-corrected chi connectivity index (χ0v) is 10.4. The molecule has 1 spiro atoms. The molecule has 1 atom stereocenters. The van der Waals surface area contributed by atoms with Gasteiger partial charge in [0, 0.05) is 18.5 Å². The van der Waals surface area contributed by atoms with E-state index in [0.29, 0.717) is 11.5 Å². The van der Waals surface area contributed by atoms with E-state index in [9.17, 15) is 0 Å². The molecule has 1 saturated heterocycles. The summed E-state index contributed by atoms with van der Waals surface area (Å²) in [7, 11) is 0. The van der Waals surface area contributed by atoms with Crippen LogP contribution in [0.1, 0.15) is 46.5 Å². The van der Waals surface area contributed by atoms with Gasteiger partial charge in [0.2, 0.25) is 0 Å². The van der Waals surface area contributed by atoms with E-state index in [1.165, 1.54) is 32.2 Å². The Hall–Kier alpha value is -0.0800. The highest BCUT2D eigenvalue weighted by Crippen LogP contribution is 2.40. The molecule has 0 aromatic rings. The van der Waals surface area contributed by atoms with Gasteiger partial charge in [0.15, 0.2) is 0 Å². The summed E-state index contributed by atoms with van der Waals surface area (Å²) in [6.07, 6.45) is 5.88. The Labute approximate surface area is 93.8 Å². The van der Waals surface area contributed by atoms with Crippen LogP contribution >= 0.6 is 0 Å². The van der Waals surface area contributed by atoms with Crippen LogP contribution in [0.15, 0.2) is 0 Å². The van der Waals surface area contributed by atoms with E-state index in [0.717, 1.165) is 13.2 Å². The van der Waals surface area contributed by atoms with Crippen molar-refractivity contribution in [2.45, 2.75) is 52.6 Å². The van der Waals surface area contributed by atoms with E-state index in [1.54, 1.807) is 0 Å². The molecule has 2 nitrogen and oxygen atoms in total. The van der Waals surface area contributed by atoms with Gasteiger partial charge in [-0.2, -0.15) is 0 Å². The molecule has 1 aliphatic heterocycles. The smallest absolute Gasteiger partial charge is 0.0747 e. The van der Waals surface area contributed by atoms with E-state index in [1.807, 2.05) is 0 Å². The molecular weight excluding hydrogens is 186 g/mol. The van der Waals surface area contributed by atoms with Gasteiger partial charge in [-0.3, -0.25) is 0 Å². The van der Waals surface area contributed by atoms with Gasteiger partial charge >= 0.3 is 0 Å². The first-order chi connectivity index (χ1) is 7.02. The molecule has 2 aliphatic rings. The maximum atomic E-state index is 6.14. The van der Waals surface area contributed by atoms with Gasteiger partial charge < -0.3 is 10.1 Å². The number of nitrogens with one attached hydrogen (secondary N) is 1. The predicted octanol–water partition coefficient (Wildman–Crippen LogP) is 2.58. The van der Waals surface area contributed by atoms with Gasteiger partial charge in [0.05, 0.1) is 12.7 Å². The lowest BCUT2D eigenvalue weighted by Gasteiger charge is -2.31. The molecule has 2 fully saturated rings. The van der Waals surface area contributed by atoms with Crippen LogP contribution in [-0.4, -0.2) is 25.8 Å². The number of rotatable bonds is 0. The first-order valence-corrected chi connectivity index (χ1v) is 6.34. The van der Waals surface area contributed by atoms with Gasteiger partial charge in [0.25, 0.3) is 0 Å². The van der Waals surface area contributed by atoms with E-state index in [4.69, 9.17) is 4.74 Å². The van der Waals surface area contributed by atoms with Crippen LogP contribution in [-0.2, 0) is 4.74 Å². The van der Waals surface area contributed by atoms with Crippen molar-refractivity contribution in [3.63, 3.8) is 0 Å². The Balaban J connectivity index is 1.97. The zero-order valence-electron chi connectivity index (χ0n) is 10.4. The maximum Gasteiger partial charge on any atom is 0.0747 e. The minimum Gasteiger partial charge on any atom is -0.376 e. The second kappa shape index (κ2) is 4.06. The van der Waals surface area contributed by atoms with Crippen molar-refractivity contribution in [3.05, 3.63) is 0 Å². The van der Waals surface area contributed by atoms with E-state index < -0.39 is 0 Å². The third-order valence-electron chi connectivity index (χ3n) is 4.05. The van der Waals surface area contributed by atoms with Crippen LogP contribution in [0.3, 0.4) is 0 Å². The van der Waals surface area contributed by atoms with Crippen LogP contribution in [0.5, 0.6) is 0 Å². The van der Waals surface area contributed by atoms with Crippen LogP contribution in [0, 0.1) is 10.8 Å². The van der Waals surface area contributed by atoms with Gasteiger partial charge in [-0.1, -0.05) is 33.6 Å². The van der Waals surface area contributed by atoms with Crippen molar-refractivity contribution in [2.24, 2.45) is 10.8 Å². The van der Waals surface area contributed by atoms with Crippen LogP contribution in [0.4, 0.5) is 0 Å². The van der Waals surface area contributed by atoms with Crippen molar-refractivity contribution in [1.82, 2.24) is 5.32 Å². The summed E-state index contributed by atoms with van der Waals surface area (Å²) in [4.78, 5) is 0. The predicted molar refractivity (Wildman–Crippen MR) is 63.0 cm³/mol. The number of hydrogen-bond acceptors (Lipinski definition) is 2. The molecule has 0 radical (unpaired) electrons. The molecule has 2 rings (SSSR count). The minimum absolute atomic E-state index is 0.261. The summed E-state index contributed by atoms with van der Waals surface area (Å²) in [6, 6.07) is 0. The van der Waals surface area contributed by atoms with E-state index >= 15 is 0 Å². The molecule has 0 amide bonds. The molecule has 0 bridgehead atoms. The topological polar surface area (TPSA) is 21.3 Å². The first kappa shape index (κ1) is 11.4. The van der Waals surface area contributed by atoms with Gasteiger partial charge in [-0.05, 0) is 18.3 Å². The summed E-state index contributed by atoms with van der Waals surface area (Å²) in [6.45, 7) is 9.97. The van der Waals surface area contributed by atoms with E-state index in [-0.39, 0.29) is 5.41 Å². The quantitative estimate of drug-likeness (QED) is 0.665. The summed E-state index contributed by atoms with van der Waals surface area (Å²) in [5, 5.41) is 3.61. The Morgan fingerprint density at radius 1 is 1.20 bits per heavy atom. The second-order valence-electron chi connectivity index (χ2n) is 6.50. The molecule has 1 unspecified atom stereocenters. The van der Waals surface area contributed by atoms with Crippen LogP contribution in [0.2, 0.25) is 0 Å². The van der Waals surface area contributed by atoms with Gasteiger partial charge in [-0.15, -0.1) is 0 Å². The molecular formula is C13H25NO. The molecule has 1 heterocycles. The molecule has 1 saturated carbocycles. The molecule has 88 valence electrons. The fourth-order valence-electron chi connectivity index (χ4n) is 2.86. The van der Waals surface area contributed by atoms with Crippen molar-refractivity contribution in [3.8, 4) is 0 Å². The Morgan fingerprint density at radius 3 is 2.47 bits per heavy atom. The molecule has 1 N–H and O–H groups in total. The Bertz CT molecular complexity index is 213. The van der Waals surface area contributed by atoms with Crippen molar-refractivity contribution >= 4 is 0 Å². The molecule has 2 heteroatoms. The number of hydrogen-bond donors (Lipinski definition) is 1. The first-order valence-electron chi connectivity index (χ1n) is 6.34. The standard InChI is InChI=1S/C13H25NO/c1-12(2,3)11-8-14-9-13(10-15-11)6-4-5-7-13/h11,14H,4-10H2,1-3H3. The average Bonchev–Trinajstić information content (AvgIpc) is 2.45. The van der Waals surface area contributed by atoms with Crippen LogP contribution < -0.4 is 5.32 Å². The van der Waals surface area contributed by atoms with Gasteiger partial charge in [-0.25, -0.2) is 0 Å². The SMILES string of the molecule is CC(C)(C)C1CNCC2(CCCC2)CO1. The largest absolute Gasteiger partial charge is 0.376 e. The van der Waals surface area contributed by atoms with Crippen LogP contribution in [0.25, 0.3) is 0 Å². The average molecular weight is 211 g/mol. The van der Waals surface area contributed by atoms with Crippen molar-refractivity contribution in [1.29, 1.82) is 0 Å². The highest BCUT2D eigenvalue weighted by atomic mass is 16.5. The minimum atomic E-state index is 0.261. The van der Waals surface area contributed by atoms with E-state index in [2.05, 4.69) is 26.1 Å². The lowest BCUT2D eigenvalue weighted by atomic mass is 9.87. The summed E-state index contributed by atoms with van der Waals surface area (Å²) < 4.78 is 6.14. The fourth-order valence-corrected chi connectivity index (χ4v) is 2.86. The Morgan fingerprint density at radius 2 is 1.87 bits per heavy atom. The third kappa shape index (κ3) is 2.54. The summed E-state index contributed by atoms with van der Waals surface area (Å²) >= 11 is 0. The van der Waals surface area contributed by atoms with Crippen molar-refractivity contribution < 1.29 is 4.74 Å². The summed E-state index contributed by atoms with van der Waals surface area (Å²) in [5.74, 6) is 0. The molecule has 0 aromatic heterocycles. The maximum absolute atomic E-state index is 6.14. The Kier molecular flexibility index (Phi) is 3.09. The normalized spacial score (nSPS) is 31.8. The van der Waals surface area contributed by atoms with Gasteiger partial charge in [0.1, 0.15) is 0 Å². The van der Waals surface area contributed by atoms with Crippen molar-refractivity contribution in [2.75, 3.05) is 19.7 Å². The summed E-state index contributed by atoms with van der Waals surface area (Å²) in [5.41, 5.74) is 0.733. The molecule has 1 aliphatic carbocycles. The molecule has 15 heavy (non-hydrogen) atoms. The second-order valence-corrected chi connectivity index (χ2v) is 6.50. The lowest BCUT2D eigenvalue weighted by molar-refractivity contribution is -0.0363.